The highest BCUT2D eigenvalue weighted by molar-refractivity contribution is 5.76. The van der Waals surface area contributed by atoms with E-state index < -0.39 is 49.5 Å². The van der Waals surface area contributed by atoms with Crippen LogP contribution in [0.5, 0.6) is 0 Å². The van der Waals surface area contributed by atoms with Crippen molar-refractivity contribution in [2.75, 3.05) is 13.2 Å². The number of amides is 1. The zero-order chi connectivity index (χ0) is 50.1. The number of unbranched alkanes of at least 4 members (excludes halogenated alkanes) is 43. The van der Waals surface area contributed by atoms with E-state index in [-0.39, 0.29) is 12.5 Å². The van der Waals surface area contributed by atoms with E-state index >= 15 is 0 Å². The number of carbonyl (C=O) groups excluding carboxylic acids is 1. The molecule has 0 radical (unpaired) electrons. The van der Waals surface area contributed by atoms with Crippen LogP contribution in [0.4, 0.5) is 0 Å². The molecule has 0 aliphatic carbocycles. The van der Waals surface area contributed by atoms with Crippen LogP contribution in [0.3, 0.4) is 0 Å². The summed E-state index contributed by atoms with van der Waals surface area (Å²) in [5.74, 6) is -0.172. The number of hydrogen-bond donors (Lipinski definition) is 6. The van der Waals surface area contributed by atoms with Crippen LogP contribution in [0.15, 0.2) is 12.2 Å². The maximum atomic E-state index is 13.0. The van der Waals surface area contributed by atoms with Crippen molar-refractivity contribution in [1.82, 2.24) is 5.32 Å². The van der Waals surface area contributed by atoms with E-state index in [0.29, 0.717) is 6.42 Å². The lowest BCUT2D eigenvalue weighted by Gasteiger charge is -2.40. The van der Waals surface area contributed by atoms with Crippen LogP contribution in [0, 0.1) is 0 Å². The molecule has 9 heteroatoms. The molecular weight excluding hydrogens is 863 g/mol. The van der Waals surface area contributed by atoms with Gasteiger partial charge in [0.05, 0.1) is 25.4 Å². The van der Waals surface area contributed by atoms with Crippen LogP contribution >= 0.6 is 0 Å². The van der Waals surface area contributed by atoms with Crippen molar-refractivity contribution in [2.45, 2.75) is 352 Å². The molecule has 69 heavy (non-hydrogen) atoms. The number of hydrogen-bond acceptors (Lipinski definition) is 8. The molecule has 1 amide bonds. The topological polar surface area (TPSA) is 149 Å². The van der Waals surface area contributed by atoms with Crippen LogP contribution in [-0.2, 0) is 14.3 Å². The molecule has 1 saturated heterocycles. The highest BCUT2D eigenvalue weighted by Crippen LogP contribution is 2.23. The van der Waals surface area contributed by atoms with Crippen molar-refractivity contribution in [1.29, 1.82) is 0 Å². The number of aliphatic hydroxyl groups is 5. The van der Waals surface area contributed by atoms with Crippen LogP contribution in [-0.4, -0.2) is 87.5 Å². The van der Waals surface area contributed by atoms with E-state index in [0.717, 1.165) is 38.5 Å². The summed E-state index contributed by atoms with van der Waals surface area (Å²) in [6.07, 6.45) is 56.2. The van der Waals surface area contributed by atoms with Gasteiger partial charge in [0.2, 0.25) is 5.91 Å². The Morgan fingerprint density at radius 3 is 1.13 bits per heavy atom. The van der Waals surface area contributed by atoms with Crippen molar-refractivity contribution in [3.8, 4) is 0 Å². The summed E-state index contributed by atoms with van der Waals surface area (Å²) >= 11 is 0. The van der Waals surface area contributed by atoms with Gasteiger partial charge in [0.15, 0.2) is 6.29 Å². The van der Waals surface area contributed by atoms with Crippen molar-refractivity contribution < 1.29 is 39.8 Å². The molecule has 0 aromatic carbocycles. The van der Waals surface area contributed by atoms with E-state index in [1.165, 1.54) is 250 Å². The third kappa shape index (κ3) is 40.1. The van der Waals surface area contributed by atoms with Crippen molar-refractivity contribution in [3.05, 3.63) is 12.2 Å². The number of nitrogens with one attached hydrogen (secondary N) is 1. The monoisotopic (exact) mass is 980 g/mol. The van der Waals surface area contributed by atoms with Gasteiger partial charge in [-0.25, -0.2) is 0 Å². The van der Waals surface area contributed by atoms with Crippen molar-refractivity contribution in [3.63, 3.8) is 0 Å². The summed E-state index contributed by atoms with van der Waals surface area (Å²) < 4.78 is 11.2. The summed E-state index contributed by atoms with van der Waals surface area (Å²) in [7, 11) is 0. The van der Waals surface area contributed by atoms with Gasteiger partial charge in [0, 0.05) is 6.42 Å². The smallest absolute Gasteiger partial charge is 0.220 e. The van der Waals surface area contributed by atoms with Crippen LogP contribution in [0.1, 0.15) is 309 Å². The van der Waals surface area contributed by atoms with Crippen LogP contribution in [0.25, 0.3) is 0 Å². The normalized spacial score (nSPS) is 19.4. The van der Waals surface area contributed by atoms with Crippen molar-refractivity contribution >= 4 is 5.91 Å². The molecule has 0 aromatic rings. The number of aliphatic hydroxyl groups excluding tert-OH is 5. The molecule has 6 N–H and O–H groups in total. The lowest BCUT2D eigenvalue weighted by atomic mass is 9.99. The average Bonchev–Trinajstić information content (AvgIpc) is 3.35. The number of allylic oxidation sites excluding steroid dienone is 1. The summed E-state index contributed by atoms with van der Waals surface area (Å²) in [6.45, 7) is 3.78. The lowest BCUT2D eigenvalue weighted by Crippen LogP contribution is -2.60. The molecule has 0 aromatic heterocycles. The first-order chi connectivity index (χ1) is 33.8. The van der Waals surface area contributed by atoms with E-state index in [1.54, 1.807) is 6.08 Å². The Kier molecular flexibility index (Phi) is 48.2. The van der Waals surface area contributed by atoms with Gasteiger partial charge in [-0.3, -0.25) is 4.79 Å². The molecule has 0 spiro atoms. The molecule has 1 fully saturated rings. The second-order valence-corrected chi connectivity index (χ2v) is 21.5. The highest BCUT2D eigenvalue weighted by atomic mass is 16.7. The van der Waals surface area contributed by atoms with Gasteiger partial charge < -0.3 is 40.3 Å². The fourth-order valence-corrected chi connectivity index (χ4v) is 10.0. The van der Waals surface area contributed by atoms with Gasteiger partial charge in [-0.05, 0) is 19.3 Å². The first kappa shape index (κ1) is 65.9. The van der Waals surface area contributed by atoms with Crippen LogP contribution < -0.4 is 5.32 Å². The lowest BCUT2D eigenvalue weighted by molar-refractivity contribution is -0.302. The van der Waals surface area contributed by atoms with Gasteiger partial charge in [-0.2, -0.15) is 0 Å². The Morgan fingerprint density at radius 2 is 0.797 bits per heavy atom. The molecule has 7 atom stereocenters. The second-order valence-electron chi connectivity index (χ2n) is 21.5. The standard InChI is InChI=1S/C60H117NO8/c1-3-5-7-9-11-13-15-16-17-18-19-20-21-22-23-24-25-26-27-28-29-30-31-32-33-34-35-36-37-38-39-40-42-44-46-48-50-56(64)61-53(52-68-60-59(67)58(66)57(65)55(51-62)69-60)54(63)49-47-45-43-41-14-12-10-8-6-4-2/h47,49,53-55,57-60,62-63,65-67H,3-46,48,50-52H2,1-2H3,(H,61,64)/b49-47+. The molecule has 1 aliphatic heterocycles. The maximum Gasteiger partial charge on any atom is 0.220 e. The van der Waals surface area contributed by atoms with Gasteiger partial charge in [0.25, 0.3) is 0 Å². The molecular formula is C60H117NO8. The average molecular weight is 981 g/mol. The molecule has 1 aliphatic rings. The first-order valence-electron chi connectivity index (χ1n) is 30.4. The Bertz CT molecular complexity index is 1090. The molecule has 1 rings (SSSR count). The van der Waals surface area contributed by atoms with E-state index in [1.807, 2.05) is 6.08 Å². The largest absolute Gasteiger partial charge is 0.394 e. The van der Waals surface area contributed by atoms with Gasteiger partial charge in [-0.1, -0.05) is 296 Å². The zero-order valence-electron chi connectivity index (χ0n) is 45.6. The van der Waals surface area contributed by atoms with Gasteiger partial charge in [0.1, 0.15) is 24.4 Å². The fourth-order valence-electron chi connectivity index (χ4n) is 10.0. The SMILES string of the molecule is CCCCCCCCCC/C=C/C(O)C(COC1OC(CO)C(O)C(O)C1O)NC(=O)CCCCCCCCCCCCCCCCCCCCCCCCCCCCCCCCCCCCCC. The van der Waals surface area contributed by atoms with Crippen molar-refractivity contribution in [2.24, 2.45) is 0 Å². The third-order valence-corrected chi connectivity index (χ3v) is 14.9. The zero-order valence-corrected chi connectivity index (χ0v) is 45.6. The first-order valence-corrected chi connectivity index (χ1v) is 30.4. The van der Waals surface area contributed by atoms with E-state index in [9.17, 15) is 30.3 Å². The third-order valence-electron chi connectivity index (χ3n) is 14.9. The summed E-state index contributed by atoms with van der Waals surface area (Å²) in [5.41, 5.74) is 0. The number of rotatable bonds is 53. The molecule has 410 valence electrons. The minimum absolute atomic E-state index is 0.172. The molecule has 9 nitrogen and oxygen atoms in total. The van der Waals surface area contributed by atoms with Gasteiger partial charge >= 0.3 is 0 Å². The number of carbonyl (C=O) groups is 1. The van der Waals surface area contributed by atoms with E-state index in [2.05, 4.69) is 19.2 Å². The van der Waals surface area contributed by atoms with Gasteiger partial charge in [-0.15, -0.1) is 0 Å². The predicted octanol–water partition coefficient (Wildman–Crippen LogP) is 15.2. The Labute approximate surface area is 426 Å². The molecule has 7 unspecified atom stereocenters. The Balaban J connectivity index is 2.01. The molecule has 1 heterocycles. The fraction of sp³-hybridized carbons (Fsp3) is 0.950. The quantitative estimate of drug-likeness (QED) is 0.0261. The predicted molar refractivity (Wildman–Crippen MR) is 291 cm³/mol. The molecule has 0 bridgehead atoms. The number of ether oxygens (including phenoxy) is 2. The summed E-state index contributed by atoms with van der Waals surface area (Å²) in [5, 5.41) is 54.3. The minimum Gasteiger partial charge on any atom is -0.394 e. The van der Waals surface area contributed by atoms with Crippen LogP contribution in [0.2, 0.25) is 0 Å². The highest BCUT2D eigenvalue weighted by Gasteiger charge is 2.44. The maximum absolute atomic E-state index is 13.0. The Morgan fingerprint density at radius 1 is 0.478 bits per heavy atom. The summed E-state index contributed by atoms with van der Waals surface area (Å²) in [4.78, 5) is 13.0. The Hall–Kier alpha value is -1.07. The second kappa shape index (κ2) is 50.5. The minimum atomic E-state index is -1.56. The summed E-state index contributed by atoms with van der Waals surface area (Å²) in [6, 6.07) is -0.799. The van der Waals surface area contributed by atoms with E-state index in [4.69, 9.17) is 9.47 Å². The molecule has 0 saturated carbocycles.